The Morgan fingerprint density at radius 3 is 2.54 bits per heavy atom. The number of carbonyl (C=O) groups excluding carboxylic acids is 2. The summed E-state index contributed by atoms with van der Waals surface area (Å²) in [5, 5.41) is 0. The summed E-state index contributed by atoms with van der Waals surface area (Å²) in [6.45, 7) is 4.78. The lowest BCUT2D eigenvalue weighted by molar-refractivity contribution is 0.0671. The molecule has 2 aromatic carbocycles. The Balaban J connectivity index is 1.58. The zero-order valence-electron chi connectivity index (χ0n) is 15.0. The fourth-order valence-electron chi connectivity index (χ4n) is 3.56. The normalized spacial score (nSPS) is 18.2. The van der Waals surface area contributed by atoms with Gasteiger partial charge < -0.3 is 14.4 Å². The number of nitrogens with zero attached hydrogens (tertiary/aromatic N) is 1. The number of ether oxygens (including phenoxy) is 2. The second-order valence-electron chi connectivity index (χ2n) is 6.89. The molecule has 5 heteroatoms. The molecule has 1 atom stereocenters. The molecule has 2 aliphatic heterocycles. The molecule has 0 saturated carbocycles. The minimum Gasteiger partial charge on any atom is -0.454 e. The van der Waals surface area contributed by atoms with Gasteiger partial charge in [0.25, 0.3) is 5.91 Å². The van der Waals surface area contributed by atoms with Gasteiger partial charge in [-0.05, 0) is 62.1 Å². The maximum atomic E-state index is 13.0. The molecule has 4 rings (SSSR count). The number of hydrogen-bond acceptors (Lipinski definition) is 4. The van der Waals surface area contributed by atoms with Crippen molar-refractivity contribution in [3.05, 3.63) is 58.7 Å². The molecule has 0 radical (unpaired) electrons. The number of hydrogen-bond donors (Lipinski definition) is 0. The van der Waals surface area contributed by atoms with Crippen LogP contribution in [0.1, 0.15) is 44.7 Å². The Kier molecular flexibility index (Phi) is 4.15. The van der Waals surface area contributed by atoms with Gasteiger partial charge in [-0.1, -0.05) is 12.1 Å². The summed E-state index contributed by atoms with van der Waals surface area (Å²) in [6, 6.07) is 10.5. The van der Waals surface area contributed by atoms with E-state index >= 15 is 0 Å². The van der Waals surface area contributed by atoms with Gasteiger partial charge in [0.1, 0.15) is 0 Å². The van der Waals surface area contributed by atoms with Crippen LogP contribution in [-0.2, 0) is 0 Å². The molecule has 1 saturated heterocycles. The summed E-state index contributed by atoms with van der Waals surface area (Å²) in [5.74, 6) is 1.10. The van der Waals surface area contributed by atoms with Gasteiger partial charge in [0.05, 0.1) is 6.04 Å². The van der Waals surface area contributed by atoms with E-state index in [0.29, 0.717) is 35.6 Å². The summed E-state index contributed by atoms with van der Waals surface area (Å²) >= 11 is 0. The Hall–Kier alpha value is -2.82. The number of ketones is 1. The topological polar surface area (TPSA) is 55.8 Å². The van der Waals surface area contributed by atoms with Gasteiger partial charge in [0, 0.05) is 17.7 Å². The zero-order chi connectivity index (χ0) is 18.3. The molecule has 26 heavy (non-hydrogen) atoms. The fourth-order valence-corrected chi connectivity index (χ4v) is 3.56. The maximum absolute atomic E-state index is 13.0. The standard InChI is InChI=1S/C21H21NO4/c1-13-5-6-15(10-14(13)2)20(23)17-4-3-9-22(17)21(24)16-7-8-18-19(11-16)26-12-25-18/h5-8,10-11,17H,3-4,9,12H2,1-2H3. The van der Waals surface area contributed by atoms with Gasteiger partial charge in [-0.25, -0.2) is 0 Å². The average molecular weight is 351 g/mol. The molecule has 1 amide bonds. The summed E-state index contributed by atoms with van der Waals surface area (Å²) < 4.78 is 10.7. The summed E-state index contributed by atoms with van der Waals surface area (Å²) in [6.07, 6.45) is 1.53. The largest absolute Gasteiger partial charge is 0.454 e. The monoisotopic (exact) mass is 351 g/mol. The number of benzene rings is 2. The van der Waals surface area contributed by atoms with Gasteiger partial charge in [-0.2, -0.15) is 0 Å². The third-order valence-electron chi connectivity index (χ3n) is 5.23. The number of aryl methyl sites for hydroxylation is 2. The predicted molar refractivity (Wildman–Crippen MR) is 96.9 cm³/mol. The van der Waals surface area contributed by atoms with E-state index in [1.165, 1.54) is 0 Å². The van der Waals surface area contributed by atoms with Crippen molar-refractivity contribution in [3.8, 4) is 11.5 Å². The van der Waals surface area contributed by atoms with Gasteiger partial charge in [0.15, 0.2) is 17.3 Å². The van der Waals surface area contributed by atoms with E-state index in [1.54, 1.807) is 23.1 Å². The minimum atomic E-state index is -0.407. The highest BCUT2D eigenvalue weighted by Crippen LogP contribution is 2.33. The van der Waals surface area contributed by atoms with Crippen LogP contribution in [0.2, 0.25) is 0 Å². The van der Waals surface area contributed by atoms with Crippen LogP contribution in [0.25, 0.3) is 0 Å². The zero-order valence-corrected chi connectivity index (χ0v) is 15.0. The lowest BCUT2D eigenvalue weighted by Gasteiger charge is -2.24. The SMILES string of the molecule is Cc1ccc(C(=O)C2CCCN2C(=O)c2ccc3c(c2)OCO3)cc1C. The van der Waals surface area contributed by atoms with Gasteiger partial charge in [0.2, 0.25) is 6.79 Å². The van der Waals surface area contributed by atoms with Gasteiger partial charge in [-0.15, -0.1) is 0 Å². The Bertz CT molecular complexity index is 890. The second kappa shape index (κ2) is 6.48. The van der Waals surface area contributed by atoms with E-state index in [-0.39, 0.29) is 18.5 Å². The first-order valence-electron chi connectivity index (χ1n) is 8.86. The Morgan fingerprint density at radius 2 is 1.73 bits per heavy atom. The molecule has 0 aliphatic carbocycles. The Morgan fingerprint density at radius 1 is 0.962 bits per heavy atom. The third-order valence-corrected chi connectivity index (χ3v) is 5.23. The van der Waals surface area contributed by atoms with Crippen molar-refractivity contribution >= 4 is 11.7 Å². The number of Topliss-reactive ketones (excluding diaryl/α,β-unsaturated/α-hetero) is 1. The highest BCUT2D eigenvalue weighted by molar-refractivity contribution is 6.05. The number of rotatable bonds is 3. The molecule has 2 heterocycles. The van der Waals surface area contributed by atoms with Gasteiger partial charge in [-0.3, -0.25) is 9.59 Å². The highest BCUT2D eigenvalue weighted by Gasteiger charge is 2.35. The van der Waals surface area contributed by atoms with E-state index in [4.69, 9.17) is 9.47 Å². The first-order chi connectivity index (χ1) is 12.5. The van der Waals surface area contributed by atoms with E-state index in [1.807, 2.05) is 32.0 Å². The second-order valence-corrected chi connectivity index (χ2v) is 6.89. The lowest BCUT2D eigenvalue weighted by Crippen LogP contribution is -2.40. The van der Waals surface area contributed by atoms with Crippen LogP contribution in [0.5, 0.6) is 11.5 Å². The molecular formula is C21H21NO4. The van der Waals surface area contributed by atoms with E-state index in [0.717, 1.165) is 17.5 Å². The van der Waals surface area contributed by atoms with Crippen LogP contribution in [0.15, 0.2) is 36.4 Å². The predicted octanol–water partition coefficient (Wildman–Crippen LogP) is 3.52. The van der Waals surface area contributed by atoms with Crippen LogP contribution >= 0.6 is 0 Å². The number of likely N-dealkylation sites (tertiary alicyclic amines) is 1. The maximum Gasteiger partial charge on any atom is 0.254 e. The van der Waals surface area contributed by atoms with E-state index in [2.05, 4.69) is 0 Å². The molecule has 0 N–H and O–H groups in total. The number of amides is 1. The molecule has 0 spiro atoms. The summed E-state index contributed by atoms with van der Waals surface area (Å²) in [5.41, 5.74) is 3.43. The van der Waals surface area contributed by atoms with Crippen molar-refractivity contribution in [2.75, 3.05) is 13.3 Å². The van der Waals surface area contributed by atoms with Crippen LogP contribution in [0.3, 0.4) is 0 Å². The van der Waals surface area contributed by atoms with E-state index < -0.39 is 6.04 Å². The number of carbonyl (C=O) groups is 2. The quantitative estimate of drug-likeness (QED) is 0.794. The molecule has 2 aromatic rings. The van der Waals surface area contributed by atoms with Crippen molar-refractivity contribution in [1.82, 2.24) is 4.90 Å². The van der Waals surface area contributed by atoms with Crippen molar-refractivity contribution in [2.45, 2.75) is 32.7 Å². The molecule has 0 aromatic heterocycles. The first-order valence-corrected chi connectivity index (χ1v) is 8.86. The highest BCUT2D eigenvalue weighted by atomic mass is 16.7. The Labute approximate surface area is 152 Å². The van der Waals surface area contributed by atoms with Crippen LogP contribution < -0.4 is 9.47 Å². The van der Waals surface area contributed by atoms with Crippen molar-refractivity contribution in [2.24, 2.45) is 0 Å². The fraction of sp³-hybridized carbons (Fsp3) is 0.333. The molecule has 5 nitrogen and oxygen atoms in total. The van der Waals surface area contributed by atoms with Gasteiger partial charge >= 0.3 is 0 Å². The van der Waals surface area contributed by atoms with Crippen LogP contribution in [0.4, 0.5) is 0 Å². The molecule has 134 valence electrons. The molecule has 1 unspecified atom stereocenters. The molecule has 2 aliphatic rings. The van der Waals surface area contributed by atoms with Crippen LogP contribution in [-0.4, -0.2) is 36.0 Å². The van der Waals surface area contributed by atoms with Crippen molar-refractivity contribution in [1.29, 1.82) is 0 Å². The lowest BCUT2D eigenvalue weighted by atomic mass is 9.98. The van der Waals surface area contributed by atoms with Crippen molar-refractivity contribution in [3.63, 3.8) is 0 Å². The molecular weight excluding hydrogens is 330 g/mol. The van der Waals surface area contributed by atoms with Crippen molar-refractivity contribution < 1.29 is 19.1 Å². The smallest absolute Gasteiger partial charge is 0.254 e. The summed E-state index contributed by atoms with van der Waals surface area (Å²) in [7, 11) is 0. The average Bonchev–Trinajstić information content (AvgIpc) is 3.31. The summed E-state index contributed by atoms with van der Waals surface area (Å²) in [4.78, 5) is 27.7. The number of fused-ring (bicyclic) bond motifs is 1. The third kappa shape index (κ3) is 2.83. The van der Waals surface area contributed by atoms with E-state index in [9.17, 15) is 9.59 Å². The molecule has 0 bridgehead atoms. The van der Waals surface area contributed by atoms with Crippen LogP contribution in [0, 0.1) is 13.8 Å². The first kappa shape index (κ1) is 16.6. The molecule has 1 fully saturated rings. The minimum absolute atomic E-state index is 0.0136.